The zero-order valence-corrected chi connectivity index (χ0v) is 11.5. The van der Waals surface area contributed by atoms with E-state index in [1.165, 1.54) is 12.3 Å². The lowest BCUT2D eigenvalue weighted by Gasteiger charge is -2.18. The number of nitrogens with one attached hydrogen (secondary N) is 2. The van der Waals surface area contributed by atoms with E-state index in [0.29, 0.717) is 5.56 Å². The van der Waals surface area contributed by atoms with Gasteiger partial charge in [0, 0.05) is 11.8 Å². The third kappa shape index (κ3) is 5.28. The number of hydrogen-bond donors (Lipinski definition) is 2. The van der Waals surface area contributed by atoms with E-state index < -0.39 is 17.3 Å². The van der Waals surface area contributed by atoms with Gasteiger partial charge in [0.25, 0.3) is 5.56 Å². The Labute approximate surface area is 116 Å². The van der Waals surface area contributed by atoms with Crippen LogP contribution >= 0.6 is 0 Å². The lowest BCUT2D eigenvalue weighted by Crippen LogP contribution is -2.32. The number of ether oxygens (including phenoxy) is 1. The van der Waals surface area contributed by atoms with Crippen LogP contribution in [0.5, 0.6) is 0 Å². The number of rotatable bonds is 1. The Morgan fingerprint density at radius 2 is 2.20 bits per heavy atom. The SMILES string of the molecule is CC(C)(C)OC(=O)NCC#Cc1c[nH]c(=O)c(C#N)c1. The average molecular weight is 273 g/mol. The second-order valence-corrected chi connectivity index (χ2v) is 4.90. The molecule has 0 saturated heterocycles. The minimum Gasteiger partial charge on any atom is -0.444 e. The fourth-order valence-corrected chi connectivity index (χ4v) is 1.22. The van der Waals surface area contributed by atoms with Crippen molar-refractivity contribution in [3.05, 3.63) is 33.7 Å². The topological polar surface area (TPSA) is 95.0 Å². The van der Waals surface area contributed by atoms with Crippen LogP contribution < -0.4 is 10.9 Å². The molecule has 6 nitrogen and oxygen atoms in total. The maximum absolute atomic E-state index is 11.3. The monoisotopic (exact) mass is 273 g/mol. The van der Waals surface area contributed by atoms with E-state index in [1.807, 2.05) is 0 Å². The Kier molecular flexibility index (Phi) is 4.94. The first-order valence-corrected chi connectivity index (χ1v) is 5.90. The molecule has 1 amide bonds. The first-order valence-electron chi connectivity index (χ1n) is 5.90. The maximum atomic E-state index is 11.3. The summed E-state index contributed by atoms with van der Waals surface area (Å²) in [6.07, 6.45) is 0.856. The van der Waals surface area contributed by atoms with Crippen molar-refractivity contribution in [3.8, 4) is 17.9 Å². The largest absolute Gasteiger partial charge is 0.444 e. The Balaban J connectivity index is 2.58. The van der Waals surface area contributed by atoms with Gasteiger partial charge in [0.05, 0.1) is 6.54 Å². The summed E-state index contributed by atoms with van der Waals surface area (Å²) < 4.78 is 5.03. The molecule has 0 saturated carbocycles. The molecule has 2 N–H and O–H groups in total. The molecule has 0 fully saturated rings. The maximum Gasteiger partial charge on any atom is 0.408 e. The van der Waals surface area contributed by atoms with Crippen molar-refractivity contribution in [1.29, 1.82) is 5.26 Å². The fraction of sp³-hybridized carbons (Fsp3) is 0.357. The highest BCUT2D eigenvalue weighted by Crippen LogP contribution is 2.05. The van der Waals surface area contributed by atoms with Gasteiger partial charge in [-0.25, -0.2) is 4.79 Å². The van der Waals surface area contributed by atoms with E-state index in [0.717, 1.165) is 0 Å². The molecule has 0 spiro atoms. The summed E-state index contributed by atoms with van der Waals surface area (Å²) in [4.78, 5) is 24.9. The molecule has 0 bridgehead atoms. The molecule has 0 aliphatic carbocycles. The van der Waals surface area contributed by atoms with Crippen molar-refractivity contribution in [2.24, 2.45) is 0 Å². The molecule has 20 heavy (non-hydrogen) atoms. The van der Waals surface area contributed by atoms with Crippen molar-refractivity contribution < 1.29 is 9.53 Å². The average Bonchev–Trinajstić information content (AvgIpc) is 2.34. The number of carbonyl (C=O) groups excluding carboxylic acids is 1. The number of aromatic amines is 1. The molecule has 0 atom stereocenters. The van der Waals surface area contributed by atoms with Gasteiger partial charge in [0.1, 0.15) is 17.2 Å². The summed E-state index contributed by atoms with van der Waals surface area (Å²) in [5.41, 5.74) is -0.521. The Bertz CT molecular complexity index is 651. The quantitative estimate of drug-likeness (QED) is 0.750. The van der Waals surface area contributed by atoms with Crippen molar-refractivity contribution in [3.63, 3.8) is 0 Å². The van der Waals surface area contributed by atoms with Gasteiger partial charge in [-0.05, 0) is 26.8 Å². The van der Waals surface area contributed by atoms with E-state index in [1.54, 1.807) is 26.8 Å². The number of carbonyl (C=O) groups is 1. The number of aromatic nitrogens is 1. The van der Waals surface area contributed by atoms with Crippen LogP contribution in [0.4, 0.5) is 4.79 Å². The molecule has 1 heterocycles. The van der Waals surface area contributed by atoms with Gasteiger partial charge in [-0.2, -0.15) is 5.26 Å². The van der Waals surface area contributed by atoms with E-state index in [-0.39, 0.29) is 12.1 Å². The van der Waals surface area contributed by atoms with E-state index in [2.05, 4.69) is 22.1 Å². The Hall–Kier alpha value is -2.73. The lowest BCUT2D eigenvalue weighted by molar-refractivity contribution is 0.0535. The zero-order chi connectivity index (χ0) is 15.2. The highest BCUT2D eigenvalue weighted by atomic mass is 16.6. The highest BCUT2D eigenvalue weighted by Gasteiger charge is 2.14. The number of alkyl carbamates (subject to hydrolysis) is 1. The Morgan fingerprint density at radius 1 is 1.50 bits per heavy atom. The van der Waals surface area contributed by atoms with Gasteiger partial charge in [-0.1, -0.05) is 11.8 Å². The second kappa shape index (κ2) is 6.44. The molecule has 0 aliphatic heterocycles. The van der Waals surface area contributed by atoms with E-state index >= 15 is 0 Å². The Morgan fingerprint density at radius 3 is 2.80 bits per heavy atom. The van der Waals surface area contributed by atoms with Crippen LogP contribution in [0.1, 0.15) is 31.9 Å². The first kappa shape index (κ1) is 15.3. The van der Waals surface area contributed by atoms with Crippen molar-refractivity contribution in [2.45, 2.75) is 26.4 Å². The van der Waals surface area contributed by atoms with Crippen LogP contribution in [0.3, 0.4) is 0 Å². The minimum atomic E-state index is -0.557. The fourth-order valence-electron chi connectivity index (χ4n) is 1.22. The van der Waals surface area contributed by atoms with Crippen molar-refractivity contribution >= 4 is 6.09 Å². The summed E-state index contributed by atoms with van der Waals surface area (Å²) in [5.74, 6) is 5.42. The molecule has 1 rings (SSSR count). The van der Waals surface area contributed by atoms with Gasteiger partial charge in [0.15, 0.2) is 0 Å². The number of nitrogens with zero attached hydrogens (tertiary/aromatic N) is 1. The molecule has 0 radical (unpaired) electrons. The van der Waals surface area contributed by atoms with Gasteiger partial charge < -0.3 is 15.0 Å². The number of amides is 1. The zero-order valence-electron chi connectivity index (χ0n) is 11.5. The predicted octanol–water partition coefficient (Wildman–Crippen LogP) is 1.12. The molecule has 0 unspecified atom stereocenters. The predicted molar refractivity (Wildman–Crippen MR) is 72.9 cm³/mol. The molecule has 1 aromatic heterocycles. The summed E-state index contributed by atoms with van der Waals surface area (Å²) in [6, 6.07) is 3.16. The number of H-pyrrole nitrogens is 1. The van der Waals surface area contributed by atoms with Crippen LogP contribution in [-0.4, -0.2) is 23.2 Å². The summed E-state index contributed by atoms with van der Waals surface area (Å²) in [5, 5.41) is 11.2. The van der Waals surface area contributed by atoms with Crippen LogP contribution in [-0.2, 0) is 4.74 Å². The molecule has 1 aromatic rings. The minimum absolute atomic E-state index is 0.00287. The number of hydrogen-bond acceptors (Lipinski definition) is 4. The number of nitriles is 1. The van der Waals surface area contributed by atoms with Gasteiger partial charge in [0.2, 0.25) is 0 Å². The summed E-state index contributed by atoms with van der Waals surface area (Å²) >= 11 is 0. The van der Waals surface area contributed by atoms with Crippen LogP contribution in [0.25, 0.3) is 0 Å². The third-order valence-electron chi connectivity index (χ3n) is 1.98. The second-order valence-electron chi connectivity index (χ2n) is 4.90. The molecular weight excluding hydrogens is 258 g/mol. The standard InChI is InChI=1S/C14H15N3O3/c1-14(2,3)20-13(19)16-6-4-5-10-7-11(8-15)12(18)17-9-10/h7,9H,6H2,1-3H3,(H,16,19)(H,17,18). The van der Waals surface area contributed by atoms with Crippen molar-refractivity contribution in [1.82, 2.24) is 10.3 Å². The van der Waals surface area contributed by atoms with Gasteiger partial charge >= 0.3 is 6.09 Å². The molecule has 0 aromatic carbocycles. The molecule has 6 heteroatoms. The first-order chi connectivity index (χ1) is 9.31. The summed E-state index contributed by atoms with van der Waals surface area (Å²) in [6.45, 7) is 5.40. The van der Waals surface area contributed by atoms with E-state index in [9.17, 15) is 9.59 Å². The van der Waals surface area contributed by atoms with Crippen LogP contribution in [0.15, 0.2) is 17.1 Å². The smallest absolute Gasteiger partial charge is 0.408 e. The molecule has 104 valence electrons. The van der Waals surface area contributed by atoms with Crippen LogP contribution in [0, 0.1) is 23.2 Å². The van der Waals surface area contributed by atoms with Crippen LogP contribution in [0.2, 0.25) is 0 Å². The normalized spacial score (nSPS) is 9.90. The third-order valence-corrected chi connectivity index (χ3v) is 1.98. The molecule has 0 aliphatic rings. The number of pyridine rings is 1. The summed E-state index contributed by atoms with van der Waals surface area (Å²) in [7, 11) is 0. The lowest BCUT2D eigenvalue weighted by atomic mass is 10.2. The van der Waals surface area contributed by atoms with E-state index in [4.69, 9.17) is 10.00 Å². The van der Waals surface area contributed by atoms with Gasteiger partial charge in [-0.15, -0.1) is 0 Å². The van der Waals surface area contributed by atoms with Gasteiger partial charge in [-0.3, -0.25) is 4.79 Å². The molecular formula is C14H15N3O3. The van der Waals surface area contributed by atoms with Crippen molar-refractivity contribution in [2.75, 3.05) is 6.54 Å². The highest BCUT2D eigenvalue weighted by molar-refractivity contribution is 5.68.